The number of nitrogens with one attached hydrogen (secondary N) is 3. The predicted molar refractivity (Wildman–Crippen MR) is 324 cm³/mol. The highest BCUT2D eigenvalue weighted by Crippen LogP contribution is 2.65. The Labute approximate surface area is 533 Å². The van der Waals surface area contributed by atoms with E-state index in [9.17, 15) is 43.0 Å². The van der Waals surface area contributed by atoms with E-state index in [1.165, 1.54) is 65.9 Å². The summed E-state index contributed by atoms with van der Waals surface area (Å²) < 4.78 is 119. The van der Waals surface area contributed by atoms with Crippen molar-refractivity contribution >= 4 is 101 Å². The fourth-order valence-corrected chi connectivity index (χ4v) is 16.4. The molecule has 5 unspecified atom stereocenters. The van der Waals surface area contributed by atoms with Crippen molar-refractivity contribution in [2.24, 2.45) is 11.8 Å². The van der Waals surface area contributed by atoms with Crippen molar-refractivity contribution < 1.29 is 93.4 Å². The number of imide groups is 1. The molecule has 5 aliphatic rings. The molecule has 5 fully saturated rings. The number of carbonyl (C=O) groups is 6. The van der Waals surface area contributed by atoms with Gasteiger partial charge in [0.25, 0.3) is 5.56 Å². The molecule has 5 saturated heterocycles. The number of benzene rings is 1. The lowest BCUT2D eigenvalue weighted by Gasteiger charge is -2.42. The van der Waals surface area contributed by atoms with Crippen LogP contribution in [0.2, 0.25) is 0 Å². The molecule has 9 heterocycles. The number of hydrogen-bond acceptors (Lipinski definition) is 25. The highest BCUT2D eigenvalue weighted by atomic mass is 32.7. The van der Waals surface area contributed by atoms with Crippen molar-refractivity contribution in [1.82, 2.24) is 49.3 Å². The van der Waals surface area contributed by atoms with Gasteiger partial charge in [0.1, 0.15) is 48.1 Å². The van der Waals surface area contributed by atoms with Crippen LogP contribution in [0.1, 0.15) is 109 Å². The summed E-state index contributed by atoms with van der Waals surface area (Å²) in [4.78, 5) is 125. The molecule has 5 aromatic rings. The largest absolute Gasteiger partial charge is 0.472 e. The summed E-state index contributed by atoms with van der Waals surface area (Å²) in [7, 11) is -5.32. The highest BCUT2D eigenvalue weighted by molar-refractivity contribution is 8.54. The number of fused-ring (bicyclic) bond motifs is 4. The van der Waals surface area contributed by atoms with Crippen LogP contribution in [0, 0.1) is 18.8 Å². The second kappa shape index (κ2) is 29.6. The quantitative estimate of drug-likeness (QED) is 0.0242. The fraction of sp³-hybridized carbons (Fsp3) is 0.607. The lowest BCUT2D eigenvalue weighted by molar-refractivity contribution is -0.241. The Morgan fingerprint density at radius 1 is 0.815 bits per heavy atom. The maximum atomic E-state index is 17.3. The van der Waals surface area contributed by atoms with Crippen LogP contribution in [0.15, 0.2) is 48.3 Å². The summed E-state index contributed by atoms with van der Waals surface area (Å²) in [5.74, 6) is -3.09. The van der Waals surface area contributed by atoms with Gasteiger partial charge in [-0.1, -0.05) is 32.8 Å². The number of esters is 1. The number of hydrogen-bond donors (Lipinski definition) is 4. The van der Waals surface area contributed by atoms with Gasteiger partial charge in [-0.2, -0.15) is 11.8 Å². The third kappa shape index (κ3) is 15.6. The van der Waals surface area contributed by atoms with Gasteiger partial charge in [0.15, 0.2) is 53.5 Å². The lowest BCUT2D eigenvalue weighted by Crippen LogP contribution is -2.55. The zero-order valence-electron chi connectivity index (χ0n) is 50.9. The predicted octanol–water partition coefficient (Wildman–Crippen LogP) is 6.26. The minimum Gasteiger partial charge on any atom is -0.459 e. The third-order valence-electron chi connectivity index (χ3n) is 16.5. The number of phosphoric ester groups is 1. The number of carbonyl (C=O) groups excluding carboxylic acids is 6. The molecule has 4 aromatic heterocycles. The van der Waals surface area contributed by atoms with Crippen molar-refractivity contribution in [2.75, 3.05) is 37.9 Å². The normalized spacial score (nSPS) is 31.0. The van der Waals surface area contributed by atoms with Crippen LogP contribution in [0.25, 0.3) is 22.3 Å². The second-order valence-electron chi connectivity index (χ2n) is 22.9. The second-order valence-corrected chi connectivity index (χ2v) is 29.4. The summed E-state index contributed by atoms with van der Waals surface area (Å²) in [6.07, 6.45) is -8.39. The average Bonchev–Trinajstić information content (AvgIpc) is 1.57. The van der Waals surface area contributed by atoms with Gasteiger partial charge in [-0.05, 0) is 80.8 Å². The third-order valence-corrected chi connectivity index (χ3v) is 22.1. The summed E-state index contributed by atoms with van der Waals surface area (Å²) in [6.45, 7) is 1.76. The lowest BCUT2D eigenvalue weighted by atomic mass is 9.82. The number of nitrogens with zero attached hydrogens (tertiary/aromatic N) is 8. The number of imidazole rings is 2. The molecular weight excluding hydrogens is 1290 g/mol. The van der Waals surface area contributed by atoms with Crippen molar-refractivity contribution in [2.45, 2.75) is 171 Å². The van der Waals surface area contributed by atoms with E-state index >= 15 is 13.3 Å². The summed E-state index contributed by atoms with van der Waals surface area (Å²) >= 11 is 1.89. The minimum absolute atomic E-state index is 0.00423. The first-order chi connectivity index (χ1) is 43.9. The number of thioether (sulfide) groups is 1. The molecule has 92 heavy (non-hydrogen) atoms. The molecule has 0 radical (unpaired) electrons. The molecule has 0 aliphatic carbocycles. The van der Waals surface area contributed by atoms with Crippen molar-refractivity contribution in [3.05, 3.63) is 65.1 Å². The number of ketones is 1. The maximum absolute atomic E-state index is 17.3. The number of unbranched alkanes of at least 4 members (excludes halogenated alkanes) is 4. The maximum Gasteiger partial charge on any atom is 0.472 e. The molecule has 4 amide bonds. The van der Waals surface area contributed by atoms with Crippen molar-refractivity contribution in [1.29, 1.82) is 0 Å². The molecule has 5 aliphatic heterocycles. The van der Waals surface area contributed by atoms with Gasteiger partial charge < -0.3 is 44.2 Å². The minimum atomic E-state index is -5.32. The van der Waals surface area contributed by atoms with E-state index in [0.717, 1.165) is 17.2 Å². The number of rotatable bonds is 23. The number of anilines is 1. The van der Waals surface area contributed by atoms with Gasteiger partial charge in [0, 0.05) is 50.9 Å². The van der Waals surface area contributed by atoms with E-state index in [-0.39, 0.29) is 82.0 Å². The van der Waals surface area contributed by atoms with Crippen LogP contribution in [0.4, 0.5) is 14.5 Å². The molecule has 36 heteroatoms. The van der Waals surface area contributed by atoms with Gasteiger partial charge in [-0.3, -0.25) is 65.7 Å². The molecule has 500 valence electrons. The van der Waals surface area contributed by atoms with E-state index in [4.69, 9.17) is 41.8 Å². The number of aromatic nitrogens is 8. The van der Waals surface area contributed by atoms with Crippen LogP contribution in [0.5, 0.6) is 5.75 Å². The molecule has 30 nitrogen and oxygen atoms in total. The van der Waals surface area contributed by atoms with Gasteiger partial charge in [-0.25, -0.2) is 42.8 Å². The van der Waals surface area contributed by atoms with Gasteiger partial charge >= 0.3 is 20.6 Å². The monoisotopic (exact) mass is 1370 g/mol. The molecule has 0 spiro atoms. The number of H-pyrrole nitrogens is 1. The Kier molecular flexibility index (Phi) is 22.1. The Morgan fingerprint density at radius 3 is 2.16 bits per heavy atom. The van der Waals surface area contributed by atoms with Crippen molar-refractivity contribution in [3.63, 3.8) is 0 Å². The number of likely N-dealkylation sites (tertiary alicyclic amines) is 1. The van der Waals surface area contributed by atoms with Gasteiger partial charge in [0.2, 0.25) is 29.9 Å². The number of phosphoric acid groups is 1. The fourth-order valence-electron chi connectivity index (χ4n) is 11.5. The standard InChI is InChI=1S/C56H71F2N11O19P2S2/c1-28-29(2)47(82-32(5)71)56(86-46(28)31(4)70)85-35-16-15-33(19-34(35)66-40(73)14-9-7-11-17-59-39(72)13-10-8-12-18-67-41(74)20-38(91-6)53(67)76)23-92-90(79)81-22-37-48(42(57)54(84-37)69-27-65-45-51(69)62-25-63-52(45)75)87-89(77,78)80-21-36-49(88-90)43(58)55(83-36)68-26-64-44-30(3)60-24-61-50(44)68/h15-16,19,24-29,36-38,42-43,46-49,54-56H,7-14,17-18,20-23H2,1-6H3,(H,59,72)(H,66,73)(H,77,78)(H,62,63,75)/t28-,29-,36+,37+,38?,42+,43+,46?,47?,48+,49+,54+,55+,56+,90?/m0/s1. The first kappa shape index (κ1) is 68.7. The van der Waals surface area contributed by atoms with E-state index in [1.54, 1.807) is 27.0 Å². The van der Waals surface area contributed by atoms with Crippen LogP contribution >= 0.6 is 37.8 Å². The Balaban J connectivity index is 0.867. The van der Waals surface area contributed by atoms with Gasteiger partial charge in [0.05, 0.1) is 48.8 Å². The smallest absolute Gasteiger partial charge is 0.459 e. The Hall–Kier alpha value is -6.16. The number of amides is 4. The van der Waals surface area contributed by atoms with Crippen LogP contribution in [-0.2, 0) is 80.7 Å². The zero-order valence-corrected chi connectivity index (χ0v) is 54.3. The number of alkyl halides is 2. The van der Waals surface area contributed by atoms with E-state index in [0.29, 0.717) is 79.8 Å². The summed E-state index contributed by atoms with van der Waals surface area (Å²) in [5.41, 5.74) is 0.279. The molecule has 16 atom stereocenters. The molecule has 1 aromatic carbocycles. The number of aromatic amines is 1. The van der Waals surface area contributed by atoms with E-state index in [2.05, 4.69) is 40.5 Å². The van der Waals surface area contributed by atoms with Gasteiger partial charge in [-0.15, -0.1) is 0 Å². The number of halogens is 2. The van der Waals surface area contributed by atoms with E-state index < -0.39 is 125 Å². The van der Waals surface area contributed by atoms with Crippen LogP contribution < -0.4 is 20.9 Å². The molecular formula is C56H71F2N11O19P2S2. The zero-order chi connectivity index (χ0) is 65.8. The van der Waals surface area contributed by atoms with Crippen molar-refractivity contribution in [3.8, 4) is 5.75 Å². The summed E-state index contributed by atoms with van der Waals surface area (Å²) in [6, 6.07) is 4.46. The summed E-state index contributed by atoms with van der Waals surface area (Å²) in [5, 5.41) is 5.41. The topological polar surface area (TPSA) is 374 Å². The van der Waals surface area contributed by atoms with E-state index in [1.807, 2.05) is 0 Å². The first-order valence-corrected chi connectivity index (χ1v) is 35.8. The molecule has 0 saturated carbocycles. The molecule has 4 N–H and O–H groups in total. The van der Waals surface area contributed by atoms with Crippen LogP contribution in [0.3, 0.4) is 0 Å². The molecule has 0 bridgehead atoms. The first-order valence-electron chi connectivity index (χ1n) is 29.9. The number of aryl methyl sites for hydroxylation is 1. The number of Topliss-reactive ketones (excluding diaryl/α,β-unsaturated/α-hetero) is 1. The Bertz CT molecular complexity index is 3720. The van der Waals surface area contributed by atoms with Crippen LogP contribution in [-0.4, -0.2) is 177 Å². The average molecular weight is 1370 g/mol. The molecule has 10 rings (SSSR count). The number of ether oxygens (including phenoxy) is 5. The Morgan fingerprint density at radius 2 is 1.48 bits per heavy atom. The SMILES string of the molecule is CSC1CC(=O)N(CCCCCC(=O)NCCCCCC(=O)Nc2cc(CSP3(=O)OC[C@H]4O[C@@H](n5cnc6c(=O)[nH]cnc65)[C@H](F)[C@@H]4OP(=O)(O)OC[C@H]4O[C@@H](n5cnc6c(C)ncnc65)[C@H](F)[C@@H]4O3)ccc2O[C@@H]2OC(C(C)=O)[C@@H](C)[C@H](C)C2OC(C)=O)C1=O. The highest BCUT2D eigenvalue weighted by Gasteiger charge is 2.56.